The lowest BCUT2D eigenvalue weighted by molar-refractivity contribution is -0.385. The van der Waals surface area contributed by atoms with Crippen LogP contribution in [-0.2, 0) is 0 Å². The average Bonchev–Trinajstić information content (AvgIpc) is 2.43. The summed E-state index contributed by atoms with van der Waals surface area (Å²) in [4.78, 5) is 22.5. The molecular formula is C15H13FN2O3. The maximum absolute atomic E-state index is 13.2. The Labute approximate surface area is 120 Å². The van der Waals surface area contributed by atoms with Crippen LogP contribution in [0.25, 0.3) is 0 Å². The zero-order valence-electron chi connectivity index (χ0n) is 11.5. The number of nitrogens with one attached hydrogen (secondary N) is 1. The van der Waals surface area contributed by atoms with E-state index < -0.39 is 16.6 Å². The van der Waals surface area contributed by atoms with Gasteiger partial charge in [-0.25, -0.2) is 4.39 Å². The number of benzene rings is 2. The van der Waals surface area contributed by atoms with Crippen LogP contribution in [0.3, 0.4) is 0 Å². The average molecular weight is 288 g/mol. The van der Waals surface area contributed by atoms with Crippen molar-refractivity contribution in [3.05, 3.63) is 69.0 Å². The van der Waals surface area contributed by atoms with Crippen LogP contribution in [0.15, 0.2) is 36.4 Å². The molecule has 1 N–H and O–H groups in total. The molecule has 1 amide bonds. The van der Waals surface area contributed by atoms with Crippen LogP contribution in [0.1, 0.15) is 21.5 Å². The molecule has 5 nitrogen and oxygen atoms in total. The Kier molecular flexibility index (Phi) is 3.98. The topological polar surface area (TPSA) is 72.2 Å². The van der Waals surface area contributed by atoms with Crippen LogP contribution in [0.4, 0.5) is 15.8 Å². The Morgan fingerprint density at radius 1 is 1.24 bits per heavy atom. The van der Waals surface area contributed by atoms with Crippen LogP contribution in [0.2, 0.25) is 0 Å². The van der Waals surface area contributed by atoms with Crippen LogP contribution < -0.4 is 5.32 Å². The molecule has 0 unspecified atom stereocenters. The molecule has 2 aromatic rings. The minimum absolute atomic E-state index is 0.0798. The van der Waals surface area contributed by atoms with Crippen molar-refractivity contribution in [3.8, 4) is 0 Å². The van der Waals surface area contributed by atoms with Crippen molar-refractivity contribution in [1.29, 1.82) is 0 Å². The molecule has 2 rings (SSSR count). The Morgan fingerprint density at radius 2 is 1.95 bits per heavy atom. The van der Waals surface area contributed by atoms with Gasteiger partial charge in [0.2, 0.25) is 0 Å². The lowest BCUT2D eigenvalue weighted by Crippen LogP contribution is -2.14. The molecule has 0 radical (unpaired) electrons. The molecule has 0 saturated carbocycles. The highest BCUT2D eigenvalue weighted by Gasteiger charge is 2.16. The van der Waals surface area contributed by atoms with Crippen molar-refractivity contribution in [2.45, 2.75) is 13.8 Å². The second-order valence-corrected chi connectivity index (χ2v) is 4.62. The molecule has 0 atom stereocenters. The first-order valence-electron chi connectivity index (χ1n) is 6.21. The van der Waals surface area contributed by atoms with Gasteiger partial charge in [-0.3, -0.25) is 14.9 Å². The van der Waals surface area contributed by atoms with E-state index in [1.54, 1.807) is 19.9 Å². The summed E-state index contributed by atoms with van der Waals surface area (Å²) in [5, 5.41) is 13.5. The van der Waals surface area contributed by atoms with Gasteiger partial charge in [-0.1, -0.05) is 12.1 Å². The maximum Gasteiger partial charge on any atom is 0.274 e. The van der Waals surface area contributed by atoms with Crippen molar-refractivity contribution >= 4 is 17.3 Å². The first kappa shape index (κ1) is 14.6. The summed E-state index contributed by atoms with van der Waals surface area (Å²) in [6.07, 6.45) is 0. The number of rotatable bonds is 3. The third kappa shape index (κ3) is 3.05. The number of halogens is 1. The highest BCUT2D eigenvalue weighted by atomic mass is 19.1. The number of aryl methyl sites for hydroxylation is 1. The van der Waals surface area contributed by atoms with Crippen LogP contribution in [-0.4, -0.2) is 10.8 Å². The van der Waals surface area contributed by atoms with E-state index in [-0.39, 0.29) is 11.3 Å². The number of anilines is 1. The second kappa shape index (κ2) is 5.70. The third-order valence-corrected chi connectivity index (χ3v) is 3.19. The number of carbonyl (C=O) groups is 1. The Morgan fingerprint density at radius 3 is 2.62 bits per heavy atom. The van der Waals surface area contributed by atoms with Gasteiger partial charge in [-0.05, 0) is 37.6 Å². The van der Waals surface area contributed by atoms with Gasteiger partial charge in [-0.15, -0.1) is 0 Å². The van der Waals surface area contributed by atoms with Gasteiger partial charge in [0.1, 0.15) is 5.82 Å². The molecule has 108 valence electrons. The Bertz CT molecular complexity index is 729. The lowest BCUT2D eigenvalue weighted by Gasteiger charge is -2.10. The van der Waals surface area contributed by atoms with Crippen molar-refractivity contribution in [2.75, 3.05) is 5.32 Å². The molecule has 0 aromatic heterocycles. The van der Waals surface area contributed by atoms with Crippen LogP contribution in [0, 0.1) is 29.8 Å². The zero-order chi connectivity index (χ0) is 15.6. The number of carbonyl (C=O) groups excluding carboxylic acids is 1. The van der Waals surface area contributed by atoms with Gasteiger partial charge >= 0.3 is 0 Å². The number of nitrogens with zero attached hydrogens (tertiary/aromatic N) is 1. The number of nitro groups is 1. The van der Waals surface area contributed by atoms with Crippen molar-refractivity contribution in [3.63, 3.8) is 0 Å². The fraction of sp³-hybridized carbons (Fsp3) is 0.133. The van der Waals surface area contributed by atoms with E-state index in [0.717, 1.165) is 6.07 Å². The molecule has 0 aliphatic heterocycles. The monoisotopic (exact) mass is 288 g/mol. The van der Waals surface area contributed by atoms with Crippen LogP contribution in [0.5, 0.6) is 0 Å². The van der Waals surface area contributed by atoms with Gasteiger partial charge in [0, 0.05) is 11.6 Å². The van der Waals surface area contributed by atoms with Crippen molar-refractivity contribution < 1.29 is 14.1 Å². The fourth-order valence-electron chi connectivity index (χ4n) is 1.99. The molecule has 0 aliphatic rings. The first-order valence-corrected chi connectivity index (χ1v) is 6.21. The number of amides is 1. The predicted octanol–water partition coefficient (Wildman–Crippen LogP) is 3.60. The van der Waals surface area contributed by atoms with Gasteiger partial charge in [0.15, 0.2) is 0 Å². The molecule has 0 spiro atoms. The smallest absolute Gasteiger partial charge is 0.274 e. The summed E-state index contributed by atoms with van der Waals surface area (Å²) in [6.45, 7) is 3.24. The molecular weight excluding hydrogens is 275 g/mol. The maximum atomic E-state index is 13.2. The van der Waals surface area contributed by atoms with E-state index in [1.807, 2.05) is 0 Å². The summed E-state index contributed by atoms with van der Waals surface area (Å²) in [6, 6.07) is 8.32. The third-order valence-electron chi connectivity index (χ3n) is 3.19. The molecule has 21 heavy (non-hydrogen) atoms. The predicted molar refractivity (Wildman–Crippen MR) is 76.9 cm³/mol. The summed E-state index contributed by atoms with van der Waals surface area (Å²) >= 11 is 0. The fourth-order valence-corrected chi connectivity index (χ4v) is 1.99. The van der Waals surface area contributed by atoms with Crippen molar-refractivity contribution in [2.24, 2.45) is 0 Å². The van der Waals surface area contributed by atoms with Gasteiger partial charge in [0.25, 0.3) is 11.6 Å². The normalized spacial score (nSPS) is 10.2. The van der Waals surface area contributed by atoms with Gasteiger partial charge in [0.05, 0.1) is 16.2 Å². The van der Waals surface area contributed by atoms with Crippen molar-refractivity contribution in [1.82, 2.24) is 0 Å². The van der Waals surface area contributed by atoms with E-state index in [4.69, 9.17) is 0 Å². The van der Waals surface area contributed by atoms with E-state index in [2.05, 4.69) is 5.32 Å². The SMILES string of the molecule is Cc1ccc(F)cc1C(=O)Nc1cccc([N+](=O)[O-])c1C. The molecule has 0 aliphatic carbocycles. The summed E-state index contributed by atoms with van der Waals surface area (Å²) in [7, 11) is 0. The summed E-state index contributed by atoms with van der Waals surface area (Å²) in [5.41, 5.74) is 1.42. The zero-order valence-corrected chi connectivity index (χ0v) is 11.5. The van der Waals surface area contributed by atoms with E-state index in [1.165, 1.54) is 24.3 Å². The van der Waals surface area contributed by atoms with E-state index in [9.17, 15) is 19.3 Å². The summed E-state index contributed by atoms with van der Waals surface area (Å²) in [5.74, 6) is -1.02. The Hall–Kier alpha value is -2.76. The van der Waals surface area contributed by atoms with E-state index >= 15 is 0 Å². The molecule has 2 aromatic carbocycles. The summed E-state index contributed by atoms with van der Waals surface area (Å²) < 4.78 is 13.2. The molecule has 0 bridgehead atoms. The minimum Gasteiger partial charge on any atom is -0.321 e. The van der Waals surface area contributed by atoms with Crippen LogP contribution >= 0.6 is 0 Å². The molecule has 6 heteroatoms. The number of hydrogen-bond acceptors (Lipinski definition) is 3. The number of hydrogen-bond donors (Lipinski definition) is 1. The second-order valence-electron chi connectivity index (χ2n) is 4.62. The van der Waals surface area contributed by atoms with Gasteiger partial charge < -0.3 is 5.32 Å². The van der Waals surface area contributed by atoms with E-state index in [0.29, 0.717) is 16.8 Å². The Balaban J connectivity index is 2.34. The minimum atomic E-state index is -0.515. The first-order chi connectivity index (χ1) is 9.90. The van der Waals surface area contributed by atoms with Gasteiger partial charge in [-0.2, -0.15) is 0 Å². The molecule has 0 heterocycles. The molecule has 0 saturated heterocycles. The lowest BCUT2D eigenvalue weighted by atomic mass is 10.1. The number of nitro benzene ring substituents is 1. The quantitative estimate of drug-likeness (QED) is 0.692. The largest absolute Gasteiger partial charge is 0.321 e. The molecule has 0 fully saturated rings. The highest BCUT2D eigenvalue weighted by Crippen LogP contribution is 2.25. The standard InChI is InChI=1S/C15H13FN2O3/c1-9-6-7-11(16)8-12(9)15(19)17-13-4-3-5-14(10(13)2)18(20)21/h3-8H,1-2H3,(H,17,19). The highest BCUT2D eigenvalue weighted by molar-refractivity contribution is 6.05.